The zero-order chi connectivity index (χ0) is 22.6. The average Bonchev–Trinajstić information content (AvgIpc) is 2.78. The fourth-order valence-corrected chi connectivity index (χ4v) is 3.46. The molecular formula is C23H28N2O5S. The van der Waals surface area contributed by atoms with Crippen LogP contribution >= 0.6 is 11.8 Å². The first-order chi connectivity index (χ1) is 14.9. The molecule has 0 radical (unpaired) electrons. The number of rotatable bonds is 11. The molecule has 7 nitrogen and oxygen atoms in total. The van der Waals surface area contributed by atoms with E-state index in [1.54, 1.807) is 31.4 Å². The maximum absolute atomic E-state index is 12.6. The van der Waals surface area contributed by atoms with Crippen LogP contribution in [-0.4, -0.2) is 49.9 Å². The third kappa shape index (κ3) is 8.07. The zero-order valence-corrected chi connectivity index (χ0v) is 18.8. The Morgan fingerprint density at radius 3 is 2.45 bits per heavy atom. The van der Waals surface area contributed by atoms with Crippen molar-refractivity contribution in [3.63, 3.8) is 0 Å². The van der Waals surface area contributed by atoms with Crippen LogP contribution in [0, 0.1) is 0 Å². The largest absolute Gasteiger partial charge is 0.449 e. The summed E-state index contributed by atoms with van der Waals surface area (Å²) in [5.74, 6) is -1.04. The van der Waals surface area contributed by atoms with E-state index in [1.165, 1.54) is 24.2 Å². The van der Waals surface area contributed by atoms with E-state index in [1.807, 2.05) is 24.3 Å². The van der Waals surface area contributed by atoms with E-state index in [0.717, 1.165) is 6.42 Å². The SMILES string of the molecule is CCc1ccc(NC(=O)C(C)OC(=O)c2ccccc2SCC(=O)NCCOC)cc1. The minimum atomic E-state index is -0.978. The Labute approximate surface area is 186 Å². The summed E-state index contributed by atoms with van der Waals surface area (Å²) >= 11 is 1.23. The highest BCUT2D eigenvalue weighted by atomic mass is 32.2. The molecule has 1 unspecified atom stereocenters. The van der Waals surface area contributed by atoms with Crippen molar-refractivity contribution in [1.29, 1.82) is 0 Å². The maximum Gasteiger partial charge on any atom is 0.340 e. The van der Waals surface area contributed by atoms with Gasteiger partial charge in [0.05, 0.1) is 17.9 Å². The summed E-state index contributed by atoms with van der Waals surface area (Å²) < 4.78 is 10.3. The number of esters is 1. The van der Waals surface area contributed by atoms with Crippen molar-refractivity contribution in [2.45, 2.75) is 31.3 Å². The standard InChI is InChI=1S/C23H28N2O5S/c1-4-17-9-11-18(12-10-17)25-22(27)16(2)30-23(28)19-7-5-6-8-20(19)31-15-21(26)24-13-14-29-3/h5-12,16H,4,13-15H2,1-3H3,(H,24,26)(H,25,27). The minimum absolute atomic E-state index is 0.151. The number of carbonyl (C=O) groups excluding carboxylic acids is 3. The molecule has 31 heavy (non-hydrogen) atoms. The van der Waals surface area contributed by atoms with E-state index in [0.29, 0.717) is 29.3 Å². The highest BCUT2D eigenvalue weighted by Gasteiger charge is 2.21. The van der Waals surface area contributed by atoms with E-state index in [2.05, 4.69) is 17.6 Å². The first kappa shape index (κ1) is 24.4. The van der Waals surface area contributed by atoms with Gasteiger partial charge in [-0.15, -0.1) is 11.8 Å². The van der Waals surface area contributed by atoms with Crippen LogP contribution in [0.5, 0.6) is 0 Å². The lowest BCUT2D eigenvalue weighted by atomic mass is 10.1. The van der Waals surface area contributed by atoms with Gasteiger partial charge in [0.15, 0.2) is 6.10 Å². The van der Waals surface area contributed by atoms with Gasteiger partial charge in [-0.05, 0) is 43.2 Å². The van der Waals surface area contributed by atoms with Crippen molar-refractivity contribution in [2.24, 2.45) is 0 Å². The first-order valence-electron chi connectivity index (χ1n) is 10.0. The molecule has 0 aliphatic heterocycles. The third-order valence-electron chi connectivity index (χ3n) is 4.38. The summed E-state index contributed by atoms with van der Waals surface area (Å²) in [6.07, 6.45) is -0.0668. The summed E-state index contributed by atoms with van der Waals surface area (Å²) in [4.78, 5) is 37.5. The highest BCUT2D eigenvalue weighted by Crippen LogP contribution is 2.23. The molecule has 0 bridgehead atoms. The van der Waals surface area contributed by atoms with Gasteiger partial charge in [-0.2, -0.15) is 0 Å². The summed E-state index contributed by atoms with van der Waals surface area (Å²) in [6, 6.07) is 14.3. The lowest BCUT2D eigenvalue weighted by Crippen LogP contribution is -2.30. The fourth-order valence-electron chi connectivity index (χ4n) is 2.59. The van der Waals surface area contributed by atoms with Gasteiger partial charge in [-0.3, -0.25) is 9.59 Å². The van der Waals surface area contributed by atoms with E-state index < -0.39 is 18.0 Å². The molecule has 2 amide bonds. The van der Waals surface area contributed by atoms with Gasteiger partial charge in [0.25, 0.3) is 5.91 Å². The van der Waals surface area contributed by atoms with Gasteiger partial charge in [-0.25, -0.2) is 4.79 Å². The molecule has 0 saturated carbocycles. The van der Waals surface area contributed by atoms with Gasteiger partial charge in [0.2, 0.25) is 5.91 Å². The zero-order valence-electron chi connectivity index (χ0n) is 18.0. The van der Waals surface area contributed by atoms with E-state index >= 15 is 0 Å². The topological polar surface area (TPSA) is 93.7 Å². The van der Waals surface area contributed by atoms with Gasteiger partial charge in [0.1, 0.15) is 0 Å². The fraction of sp³-hybridized carbons (Fsp3) is 0.348. The smallest absolute Gasteiger partial charge is 0.340 e. The molecular weight excluding hydrogens is 416 g/mol. The Hall–Kier alpha value is -2.84. The number of amides is 2. The second kappa shape index (κ2) is 12.8. The molecule has 0 spiro atoms. The Morgan fingerprint density at radius 2 is 1.77 bits per heavy atom. The monoisotopic (exact) mass is 444 g/mol. The second-order valence-corrected chi connectivity index (χ2v) is 7.73. The molecule has 2 N–H and O–H groups in total. The summed E-state index contributed by atoms with van der Waals surface area (Å²) in [6.45, 7) is 4.43. The normalized spacial score (nSPS) is 11.5. The Bertz CT molecular complexity index is 886. The van der Waals surface area contributed by atoms with Gasteiger partial charge in [-0.1, -0.05) is 31.2 Å². The number of anilines is 1. The van der Waals surface area contributed by atoms with Crippen LogP contribution < -0.4 is 10.6 Å². The van der Waals surface area contributed by atoms with Gasteiger partial charge in [0, 0.05) is 24.2 Å². The number of carbonyl (C=O) groups is 3. The van der Waals surface area contributed by atoms with Crippen molar-refractivity contribution in [3.05, 3.63) is 59.7 Å². The molecule has 1 atom stereocenters. The Balaban J connectivity index is 1.93. The van der Waals surface area contributed by atoms with Crippen LogP contribution in [0.4, 0.5) is 5.69 Å². The molecule has 2 rings (SSSR count). The summed E-state index contributed by atoms with van der Waals surface area (Å²) in [5, 5.41) is 5.47. The van der Waals surface area contributed by atoms with Crippen molar-refractivity contribution in [1.82, 2.24) is 5.32 Å². The van der Waals surface area contributed by atoms with Crippen LogP contribution in [0.1, 0.15) is 29.8 Å². The second-order valence-electron chi connectivity index (χ2n) is 6.71. The van der Waals surface area contributed by atoms with Crippen molar-refractivity contribution in [3.8, 4) is 0 Å². The van der Waals surface area contributed by atoms with Gasteiger partial charge >= 0.3 is 5.97 Å². The van der Waals surface area contributed by atoms with Crippen LogP contribution in [0.2, 0.25) is 0 Å². The predicted molar refractivity (Wildman–Crippen MR) is 121 cm³/mol. The van der Waals surface area contributed by atoms with Crippen LogP contribution in [-0.2, 0) is 25.5 Å². The minimum Gasteiger partial charge on any atom is -0.449 e. The number of ether oxygens (including phenoxy) is 2. The molecule has 2 aromatic rings. The first-order valence-corrected chi connectivity index (χ1v) is 11.0. The van der Waals surface area contributed by atoms with Crippen molar-refractivity contribution < 1.29 is 23.9 Å². The van der Waals surface area contributed by atoms with Crippen molar-refractivity contribution >= 4 is 35.2 Å². The predicted octanol–water partition coefficient (Wildman–Crippen LogP) is 3.29. The molecule has 0 fully saturated rings. The molecule has 0 aromatic heterocycles. The van der Waals surface area contributed by atoms with Crippen LogP contribution in [0.25, 0.3) is 0 Å². The van der Waals surface area contributed by atoms with Gasteiger partial charge < -0.3 is 20.1 Å². The molecule has 0 aliphatic rings. The lowest BCUT2D eigenvalue weighted by molar-refractivity contribution is -0.123. The molecule has 0 heterocycles. The number of aryl methyl sites for hydroxylation is 1. The van der Waals surface area contributed by atoms with Crippen molar-refractivity contribution in [2.75, 3.05) is 31.3 Å². The number of methoxy groups -OCH3 is 1. The maximum atomic E-state index is 12.6. The van der Waals surface area contributed by atoms with E-state index in [-0.39, 0.29) is 11.7 Å². The highest BCUT2D eigenvalue weighted by molar-refractivity contribution is 8.00. The number of nitrogens with one attached hydrogen (secondary N) is 2. The summed E-state index contributed by atoms with van der Waals surface area (Å²) in [5.41, 5.74) is 2.11. The number of thioether (sulfide) groups is 1. The van der Waals surface area contributed by atoms with Crippen LogP contribution in [0.3, 0.4) is 0 Å². The number of hydrogen-bond donors (Lipinski definition) is 2. The average molecular weight is 445 g/mol. The molecule has 8 heteroatoms. The van der Waals surface area contributed by atoms with E-state index in [4.69, 9.17) is 9.47 Å². The molecule has 0 saturated heterocycles. The quantitative estimate of drug-likeness (QED) is 0.314. The van der Waals surface area contributed by atoms with Crippen LogP contribution in [0.15, 0.2) is 53.4 Å². The van der Waals surface area contributed by atoms with E-state index in [9.17, 15) is 14.4 Å². The lowest BCUT2D eigenvalue weighted by Gasteiger charge is -2.15. The Kier molecular flexibility index (Phi) is 10.1. The molecule has 0 aliphatic carbocycles. The number of benzene rings is 2. The number of hydrogen-bond acceptors (Lipinski definition) is 6. The summed E-state index contributed by atoms with van der Waals surface area (Å²) in [7, 11) is 1.56. The third-order valence-corrected chi connectivity index (χ3v) is 5.45. The molecule has 2 aromatic carbocycles. The molecule has 166 valence electrons. The Morgan fingerprint density at radius 1 is 1.06 bits per heavy atom.